The van der Waals surface area contributed by atoms with Crippen LogP contribution in [-0.4, -0.2) is 17.5 Å². The van der Waals surface area contributed by atoms with Gasteiger partial charge in [-0.3, -0.25) is 0 Å². The van der Waals surface area contributed by atoms with Crippen molar-refractivity contribution < 1.29 is 9.84 Å². The Morgan fingerprint density at radius 1 is 1.27 bits per heavy atom. The number of benzene rings is 1. The van der Waals surface area contributed by atoms with Crippen molar-refractivity contribution >= 4 is 0 Å². The van der Waals surface area contributed by atoms with Crippen LogP contribution in [0.1, 0.15) is 38.7 Å². The molecule has 0 spiro atoms. The number of allylic oxidation sites excluding steroid dienone is 2. The van der Waals surface area contributed by atoms with Crippen molar-refractivity contribution in [2.75, 3.05) is 0 Å². The molecule has 2 aliphatic rings. The highest BCUT2D eigenvalue weighted by atomic mass is 16.6. The van der Waals surface area contributed by atoms with Gasteiger partial charge in [-0.25, -0.2) is 0 Å². The number of hydrogen-bond acceptors (Lipinski definition) is 2. The molecule has 1 aliphatic heterocycles. The summed E-state index contributed by atoms with van der Waals surface area (Å²) in [4.78, 5) is 0. The van der Waals surface area contributed by atoms with Gasteiger partial charge in [0.2, 0.25) is 0 Å². The second kappa shape index (κ2) is 6.97. The smallest absolute Gasteiger partial charge is 0.155 e. The zero-order valence-corrected chi connectivity index (χ0v) is 13.7. The number of aliphatic hydroxyl groups is 1. The summed E-state index contributed by atoms with van der Waals surface area (Å²) >= 11 is 0. The lowest BCUT2D eigenvalue weighted by Gasteiger charge is -2.17. The van der Waals surface area contributed by atoms with E-state index in [0.717, 1.165) is 19.3 Å². The summed E-state index contributed by atoms with van der Waals surface area (Å²) in [5.74, 6) is 2.35. The van der Waals surface area contributed by atoms with E-state index in [2.05, 4.69) is 56.3 Å². The highest BCUT2D eigenvalue weighted by Gasteiger charge is 2.46. The highest BCUT2D eigenvalue weighted by molar-refractivity contribution is 5.15. The van der Waals surface area contributed by atoms with Crippen LogP contribution in [0.2, 0.25) is 0 Å². The number of fused-ring (bicyclic) bond motifs is 1. The molecule has 0 amide bonds. The molecule has 1 aromatic carbocycles. The molecule has 0 aromatic heterocycles. The van der Waals surface area contributed by atoms with Gasteiger partial charge in [-0.2, -0.15) is 0 Å². The van der Waals surface area contributed by atoms with Crippen LogP contribution in [0.5, 0.6) is 0 Å². The molecule has 1 aliphatic carbocycles. The maximum atomic E-state index is 9.68. The Morgan fingerprint density at radius 2 is 2.05 bits per heavy atom. The normalized spacial score (nSPS) is 35.9. The SMILES string of the molecule is C[C@H](C=C[C@@H]1[C@H]2CC(O)O[C@H]2C[C@H]1C)CCc1ccccc1. The molecule has 6 atom stereocenters. The topological polar surface area (TPSA) is 29.5 Å². The van der Waals surface area contributed by atoms with Gasteiger partial charge in [0.05, 0.1) is 6.10 Å². The number of ether oxygens (including phenoxy) is 1. The van der Waals surface area contributed by atoms with Crippen LogP contribution < -0.4 is 0 Å². The van der Waals surface area contributed by atoms with Crippen molar-refractivity contribution in [3.05, 3.63) is 48.0 Å². The Hall–Kier alpha value is -1.12. The summed E-state index contributed by atoms with van der Waals surface area (Å²) in [5, 5.41) is 9.68. The van der Waals surface area contributed by atoms with Gasteiger partial charge in [0, 0.05) is 6.42 Å². The minimum absolute atomic E-state index is 0.277. The fourth-order valence-electron chi connectivity index (χ4n) is 4.11. The van der Waals surface area contributed by atoms with Gasteiger partial charge in [0.1, 0.15) is 0 Å². The maximum absolute atomic E-state index is 9.68. The predicted octanol–water partition coefficient (Wildman–Crippen LogP) is 4.19. The maximum Gasteiger partial charge on any atom is 0.155 e. The third-order valence-corrected chi connectivity index (χ3v) is 5.43. The van der Waals surface area contributed by atoms with Crippen molar-refractivity contribution in [1.29, 1.82) is 0 Å². The quantitative estimate of drug-likeness (QED) is 0.826. The van der Waals surface area contributed by atoms with Gasteiger partial charge >= 0.3 is 0 Å². The number of hydrogen-bond donors (Lipinski definition) is 1. The Bertz CT molecular complexity index is 496. The summed E-state index contributed by atoms with van der Waals surface area (Å²) < 4.78 is 5.62. The molecule has 0 bridgehead atoms. The fourth-order valence-corrected chi connectivity index (χ4v) is 4.11. The van der Waals surface area contributed by atoms with Gasteiger partial charge in [-0.15, -0.1) is 0 Å². The minimum Gasteiger partial charge on any atom is -0.368 e. The molecular weight excluding hydrogens is 272 g/mol. The third kappa shape index (κ3) is 3.61. The van der Waals surface area contributed by atoms with Crippen molar-refractivity contribution in [2.24, 2.45) is 23.7 Å². The largest absolute Gasteiger partial charge is 0.368 e. The molecule has 1 saturated heterocycles. The lowest BCUT2D eigenvalue weighted by Crippen LogP contribution is -2.14. The summed E-state index contributed by atoms with van der Waals surface area (Å²) in [6.07, 6.45) is 8.77. The van der Waals surface area contributed by atoms with Crippen LogP contribution in [0.3, 0.4) is 0 Å². The molecule has 22 heavy (non-hydrogen) atoms. The summed E-state index contributed by atoms with van der Waals surface area (Å²) in [6.45, 7) is 4.62. The van der Waals surface area contributed by atoms with E-state index in [0.29, 0.717) is 23.7 Å². The molecule has 1 N–H and O–H groups in total. The Labute approximate surface area is 134 Å². The van der Waals surface area contributed by atoms with Gasteiger partial charge in [0.25, 0.3) is 0 Å². The summed E-state index contributed by atoms with van der Waals surface area (Å²) in [7, 11) is 0. The van der Waals surface area contributed by atoms with Crippen LogP contribution in [0.4, 0.5) is 0 Å². The first-order chi connectivity index (χ1) is 10.6. The van der Waals surface area contributed by atoms with Crippen LogP contribution in [0, 0.1) is 23.7 Å². The van der Waals surface area contributed by atoms with Crippen molar-refractivity contribution in [2.45, 2.75) is 51.9 Å². The lowest BCUT2D eigenvalue weighted by atomic mass is 9.87. The Kier molecular flexibility index (Phi) is 5.00. The zero-order chi connectivity index (χ0) is 15.5. The van der Waals surface area contributed by atoms with Gasteiger partial charge < -0.3 is 9.84 Å². The molecule has 0 radical (unpaired) electrons. The van der Waals surface area contributed by atoms with Gasteiger partial charge in [0.15, 0.2) is 6.29 Å². The fraction of sp³-hybridized carbons (Fsp3) is 0.600. The zero-order valence-electron chi connectivity index (χ0n) is 13.7. The monoisotopic (exact) mass is 300 g/mol. The van der Waals surface area contributed by atoms with E-state index in [4.69, 9.17) is 4.74 Å². The molecule has 120 valence electrons. The van der Waals surface area contributed by atoms with Crippen molar-refractivity contribution in [3.63, 3.8) is 0 Å². The molecule has 1 aromatic rings. The van der Waals surface area contributed by atoms with E-state index >= 15 is 0 Å². The molecule has 2 fully saturated rings. The van der Waals surface area contributed by atoms with E-state index in [1.165, 1.54) is 12.0 Å². The standard InChI is InChI=1S/C20H28O2/c1-14(8-10-16-6-4-3-5-7-16)9-11-17-15(2)12-19-18(17)13-20(21)22-19/h3-7,9,11,14-15,17-21H,8,10,12-13H2,1-2H3/t14-,15+,17-,18+,19-,20?/m0/s1. The molecule has 3 rings (SSSR count). The summed E-state index contributed by atoms with van der Waals surface area (Å²) in [6, 6.07) is 10.7. The van der Waals surface area contributed by atoms with E-state index in [9.17, 15) is 5.11 Å². The minimum atomic E-state index is -0.533. The second-order valence-corrected chi connectivity index (χ2v) is 7.21. The first-order valence-corrected chi connectivity index (χ1v) is 8.69. The van der Waals surface area contributed by atoms with Crippen molar-refractivity contribution in [3.8, 4) is 0 Å². The van der Waals surface area contributed by atoms with Gasteiger partial charge in [-0.05, 0) is 48.5 Å². The van der Waals surface area contributed by atoms with E-state index in [-0.39, 0.29) is 6.10 Å². The molecule has 1 unspecified atom stereocenters. The average molecular weight is 300 g/mol. The van der Waals surface area contributed by atoms with Crippen LogP contribution in [0.25, 0.3) is 0 Å². The van der Waals surface area contributed by atoms with E-state index in [1.807, 2.05) is 0 Å². The van der Waals surface area contributed by atoms with Crippen LogP contribution in [0.15, 0.2) is 42.5 Å². The average Bonchev–Trinajstić information content (AvgIpc) is 2.99. The Balaban J connectivity index is 1.52. The number of aliphatic hydroxyl groups excluding tert-OH is 1. The van der Waals surface area contributed by atoms with Crippen molar-refractivity contribution in [1.82, 2.24) is 0 Å². The first kappa shape index (κ1) is 15.8. The van der Waals surface area contributed by atoms with Crippen LogP contribution >= 0.6 is 0 Å². The van der Waals surface area contributed by atoms with Crippen LogP contribution in [-0.2, 0) is 11.2 Å². The first-order valence-electron chi connectivity index (χ1n) is 8.69. The van der Waals surface area contributed by atoms with E-state index < -0.39 is 6.29 Å². The molecule has 2 heteroatoms. The predicted molar refractivity (Wildman–Crippen MR) is 89.3 cm³/mol. The van der Waals surface area contributed by atoms with E-state index in [1.54, 1.807) is 0 Å². The summed E-state index contributed by atoms with van der Waals surface area (Å²) in [5.41, 5.74) is 1.42. The number of rotatable bonds is 5. The third-order valence-electron chi connectivity index (χ3n) is 5.43. The Morgan fingerprint density at radius 3 is 2.82 bits per heavy atom. The highest BCUT2D eigenvalue weighted by Crippen LogP contribution is 2.46. The number of aryl methyl sites for hydroxylation is 1. The lowest BCUT2D eigenvalue weighted by molar-refractivity contribution is -0.0922. The molecule has 2 nitrogen and oxygen atoms in total. The second-order valence-electron chi connectivity index (χ2n) is 7.21. The molecule has 1 saturated carbocycles. The molecular formula is C20H28O2. The molecule has 1 heterocycles. The van der Waals surface area contributed by atoms with Gasteiger partial charge in [-0.1, -0.05) is 56.3 Å².